The second kappa shape index (κ2) is 9.55. The molecule has 1 aliphatic rings. The van der Waals surface area contributed by atoms with Crippen molar-refractivity contribution in [2.24, 2.45) is 0 Å². The zero-order valence-corrected chi connectivity index (χ0v) is 17.4. The van der Waals surface area contributed by atoms with Gasteiger partial charge in [-0.25, -0.2) is 0 Å². The van der Waals surface area contributed by atoms with Crippen molar-refractivity contribution < 1.29 is 19.1 Å². The summed E-state index contributed by atoms with van der Waals surface area (Å²) in [6.07, 6.45) is 0. The summed E-state index contributed by atoms with van der Waals surface area (Å²) in [6, 6.07) is 4.60. The van der Waals surface area contributed by atoms with Gasteiger partial charge in [-0.1, -0.05) is 29.3 Å². The number of methoxy groups -OCH3 is 2. The van der Waals surface area contributed by atoms with Crippen molar-refractivity contribution in [1.29, 1.82) is 0 Å². The van der Waals surface area contributed by atoms with Crippen LogP contribution < -0.4 is 0 Å². The lowest BCUT2D eigenvalue weighted by molar-refractivity contribution is -0.139. The van der Waals surface area contributed by atoms with Crippen LogP contribution in [0.1, 0.15) is 19.4 Å². The summed E-state index contributed by atoms with van der Waals surface area (Å²) in [7, 11) is 3.17. The Labute approximate surface area is 169 Å². The summed E-state index contributed by atoms with van der Waals surface area (Å²) in [5.41, 5.74) is 1.08. The van der Waals surface area contributed by atoms with Gasteiger partial charge in [0.2, 0.25) is 0 Å². The van der Waals surface area contributed by atoms with Crippen LogP contribution in [0.4, 0.5) is 0 Å². The van der Waals surface area contributed by atoms with E-state index in [1.54, 1.807) is 46.3 Å². The lowest BCUT2D eigenvalue weighted by atomic mass is 10.0. The first-order chi connectivity index (χ1) is 12.8. The predicted octanol–water partition coefficient (Wildman–Crippen LogP) is 3.08. The molecular weight excluding hydrogens is 391 g/mol. The fraction of sp³-hybridized carbons (Fsp3) is 0.474. The lowest BCUT2D eigenvalue weighted by Gasteiger charge is -2.26. The molecule has 27 heavy (non-hydrogen) atoms. The number of amides is 2. The Morgan fingerprint density at radius 2 is 1.63 bits per heavy atom. The van der Waals surface area contributed by atoms with E-state index in [2.05, 4.69) is 0 Å². The number of rotatable bonds is 9. The average Bonchev–Trinajstić information content (AvgIpc) is 2.86. The van der Waals surface area contributed by atoms with Gasteiger partial charge in [0.1, 0.15) is 5.70 Å². The van der Waals surface area contributed by atoms with Crippen LogP contribution >= 0.6 is 23.2 Å². The van der Waals surface area contributed by atoms with E-state index in [1.807, 2.05) is 4.90 Å². The van der Waals surface area contributed by atoms with Crippen LogP contribution in [0.2, 0.25) is 10.0 Å². The van der Waals surface area contributed by atoms with E-state index in [0.29, 0.717) is 47.6 Å². The molecule has 6 nitrogen and oxygen atoms in total. The van der Waals surface area contributed by atoms with E-state index in [0.717, 1.165) is 0 Å². The fourth-order valence-corrected chi connectivity index (χ4v) is 3.47. The van der Waals surface area contributed by atoms with Crippen molar-refractivity contribution >= 4 is 40.6 Å². The zero-order chi connectivity index (χ0) is 20.1. The van der Waals surface area contributed by atoms with Crippen LogP contribution in [0.3, 0.4) is 0 Å². The third-order valence-electron chi connectivity index (χ3n) is 4.25. The summed E-state index contributed by atoms with van der Waals surface area (Å²) in [6.45, 7) is 5.28. The standard InChI is InChI=1S/C19H24Cl2N2O4/c1-12(2)23-18(24)16(14-6-5-13(20)11-15(14)21)17(19(23)25)22(7-9-26-3)8-10-27-4/h5-6,11-12H,7-10H2,1-4H3. The van der Waals surface area contributed by atoms with Gasteiger partial charge in [0, 0.05) is 43.9 Å². The first-order valence-corrected chi connectivity index (χ1v) is 9.39. The third-order valence-corrected chi connectivity index (χ3v) is 4.80. The number of benzene rings is 1. The molecule has 0 atom stereocenters. The smallest absolute Gasteiger partial charge is 0.278 e. The lowest BCUT2D eigenvalue weighted by Crippen LogP contribution is -2.40. The maximum absolute atomic E-state index is 13.1. The number of ether oxygens (including phenoxy) is 2. The molecule has 0 fully saturated rings. The Balaban J connectivity index is 2.62. The molecular formula is C19H24Cl2N2O4. The van der Waals surface area contributed by atoms with E-state index < -0.39 is 0 Å². The molecule has 1 aliphatic heterocycles. The minimum Gasteiger partial charge on any atom is -0.383 e. The van der Waals surface area contributed by atoms with Crippen LogP contribution in [-0.4, -0.2) is 68.2 Å². The second-order valence-electron chi connectivity index (χ2n) is 6.39. The van der Waals surface area contributed by atoms with Crippen molar-refractivity contribution in [3.63, 3.8) is 0 Å². The minimum absolute atomic E-state index is 0.280. The molecule has 0 saturated heterocycles. The number of carbonyl (C=O) groups is 2. The van der Waals surface area contributed by atoms with Gasteiger partial charge >= 0.3 is 0 Å². The monoisotopic (exact) mass is 414 g/mol. The van der Waals surface area contributed by atoms with E-state index >= 15 is 0 Å². The molecule has 2 amide bonds. The Morgan fingerprint density at radius 3 is 2.11 bits per heavy atom. The van der Waals surface area contributed by atoms with Gasteiger partial charge in [0.25, 0.3) is 11.8 Å². The molecule has 148 valence electrons. The number of nitrogens with zero attached hydrogens (tertiary/aromatic N) is 2. The molecule has 8 heteroatoms. The molecule has 0 bridgehead atoms. The molecule has 0 aliphatic carbocycles. The van der Waals surface area contributed by atoms with E-state index in [4.69, 9.17) is 32.7 Å². The summed E-state index contributed by atoms with van der Waals surface area (Å²) in [4.78, 5) is 29.3. The van der Waals surface area contributed by atoms with Crippen molar-refractivity contribution in [2.45, 2.75) is 19.9 Å². The number of halogens is 2. The van der Waals surface area contributed by atoms with Crippen LogP contribution in [0.5, 0.6) is 0 Å². The average molecular weight is 415 g/mol. The van der Waals surface area contributed by atoms with Gasteiger partial charge in [0.15, 0.2) is 0 Å². The summed E-state index contributed by atoms with van der Waals surface area (Å²) in [5, 5.41) is 0.777. The number of imide groups is 1. The van der Waals surface area contributed by atoms with Gasteiger partial charge in [-0.2, -0.15) is 0 Å². The maximum atomic E-state index is 13.1. The van der Waals surface area contributed by atoms with Crippen LogP contribution in [0.15, 0.2) is 23.9 Å². The van der Waals surface area contributed by atoms with Crippen molar-refractivity contribution in [3.8, 4) is 0 Å². The maximum Gasteiger partial charge on any atom is 0.278 e. The third kappa shape index (κ3) is 4.63. The van der Waals surface area contributed by atoms with Gasteiger partial charge in [-0.15, -0.1) is 0 Å². The zero-order valence-electron chi connectivity index (χ0n) is 15.9. The highest BCUT2D eigenvalue weighted by Gasteiger charge is 2.43. The minimum atomic E-state index is -0.367. The molecule has 1 aromatic carbocycles. The molecule has 0 spiro atoms. The Bertz CT molecular complexity index is 741. The van der Waals surface area contributed by atoms with E-state index in [1.165, 1.54) is 4.90 Å². The molecule has 0 radical (unpaired) electrons. The molecule has 0 N–H and O–H groups in total. The predicted molar refractivity (Wildman–Crippen MR) is 106 cm³/mol. The van der Waals surface area contributed by atoms with Crippen LogP contribution in [0, 0.1) is 0 Å². The number of hydrogen-bond donors (Lipinski definition) is 0. The first-order valence-electron chi connectivity index (χ1n) is 8.63. The molecule has 2 rings (SSSR count). The highest BCUT2D eigenvalue weighted by atomic mass is 35.5. The highest BCUT2D eigenvalue weighted by Crippen LogP contribution is 2.36. The SMILES string of the molecule is COCCN(CCOC)C1=C(c2ccc(Cl)cc2Cl)C(=O)N(C(C)C)C1=O. The Kier molecular flexibility index (Phi) is 7.68. The largest absolute Gasteiger partial charge is 0.383 e. The quantitative estimate of drug-likeness (QED) is 0.581. The summed E-state index contributed by atoms with van der Waals surface area (Å²) in [5.74, 6) is -0.711. The van der Waals surface area contributed by atoms with E-state index in [9.17, 15) is 9.59 Å². The number of hydrogen-bond acceptors (Lipinski definition) is 5. The van der Waals surface area contributed by atoms with Crippen molar-refractivity contribution in [1.82, 2.24) is 9.80 Å². The van der Waals surface area contributed by atoms with E-state index in [-0.39, 0.29) is 23.4 Å². The Morgan fingerprint density at radius 1 is 1.04 bits per heavy atom. The van der Waals surface area contributed by atoms with Crippen molar-refractivity contribution in [3.05, 3.63) is 39.5 Å². The fourth-order valence-electron chi connectivity index (χ4n) is 2.97. The highest BCUT2D eigenvalue weighted by molar-refractivity contribution is 6.41. The van der Waals surface area contributed by atoms with Gasteiger partial charge in [0.05, 0.1) is 23.8 Å². The number of carbonyl (C=O) groups excluding carboxylic acids is 2. The second-order valence-corrected chi connectivity index (χ2v) is 7.24. The summed E-state index contributed by atoms with van der Waals surface area (Å²) < 4.78 is 10.3. The normalized spacial score (nSPS) is 14.7. The van der Waals surface area contributed by atoms with Crippen LogP contribution in [0.25, 0.3) is 5.57 Å². The Hall–Kier alpha value is -1.60. The molecule has 0 unspecified atom stereocenters. The van der Waals surface area contributed by atoms with Crippen LogP contribution in [-0.2, 0) is 19.1 Å². The van der Waals surface area contributed by atoms with Gasteiger partial charge in [-0.05, 0) is 26.0 Å². The molecule has 1 aromatic rings. The molecule has 0 aromatic heterocycles. The van der Waals surface area contributed by atoms with Gasteiger partial charge < -0.3 is 14.4 Å². The van der Waals surface area contributed by atoms with Crippen molar-refractivity contribution in [2.75, 3.05) is 40.5 Å². The molecule has 1 heterocycles. The van der Waals surface area contributed by atoms with Gasteiger partial charge in [-0.3, -0.25) is 14.5 Å². The topological polar surface area (TPSA) is 59.1 Å². The molecule has 0 saturated carbocycles. The first kappa shape index (κ1) is 21.7. The summed E-state index contributed by atoms with van der Waals surface area (Å²) >= 11 is 12.4.